The molecule has 4 nitrogen and oxygen atoms in total. The van der Waals surface area contributed by atoms with Gasteiger partial charge in [-0.15, -0.1) is 11.6 Å². The third-order valence-corrected chi connectivity index (χ3v) is 5.26. The first-order valence-electron chi connectivity index (χ1n) is 5.60. The van der Waals surface area contributed by atoms with E-state index in [1.54, 1.807) is 18.3 Å². The topological polar surface area (TPSA) is 50.3 Å². The van der Waals surface area contributed by atoms with Crippen LogP contribution in [0.1, 0.15) is 12.8 Å². The van der Waals surface area contributed by atoms with Crippen LogP contribution in [0.2, 0.25) is 0 Å². The van der Waals surface area contributed by atoms with Crippen LogP contribution in [0.3, 0.4) is 0 Å². The van der Waals surface area contributed by atoms with Gasteiger partial charge in [-0.1, -0.05) is 0 Å². The number of sulfonamides is 1. The Morgan fingerprint density at radius 1 is 1.53 bits per heavy atom. The van der Waals surface area contributed by atoms with Gasteiger partial charge in [-0.3, -0.25) is 4.98 Å². The summed E-state index contributed by atoms with van der Waals surface area (Å²) < 4.78 is 26.1. The zero-order valence-corrected chi connectivity index (χ0v) is 11.0. The van der Waals surface area contributed by atoms with Crippen molar-refractivity contribution in [3.63, 3.8) is 0 Å². The average molecular weight is 275 g/mol. The molecular formula is C11H15ClN2O2S. The summed E-state index contributed by atoms with van der Waals surface area (Å²) >= 11 is 5.81. The van der Waals surface area contributed by atoms with Gasteiger partial charge in [0.15, 0.2) is 0 Å². The molecule has 0 N–H and O–H groups in total. The van der Waals surface area contributed by atoms with Crippen LogP contribution in [0.25, 0.3) is 0 Å². The summed E-state index contributed by atoms with van der Waals surface area (Å²) in [7, 11) is -3.39. The third kappa shape index (κ3) is 2.78. The molecule has 1 aliphatic heterocycles. The van der Waals surface area contributed by atoms with E-state index in [1.807, 2.05) is 0 Å². The van der Waals surface area contributed by atoms with E-state index >= 15 is 0 Å². The Hall–Kier alpha value is -0.650. The quantitative estimate of drug-likeness (QED) is 0.789. The van der Waals surface area contributed by atoms with Crippen LogP contribution in [-0.2, 0) is 10.0 Å². The molecule has 1 aromatic rings. The fourth-order valence-electron chi connectivity index (χ4n) is 2.02. The van der Waals surface area contributed by atoms with Gasteiger partial charge in [0.05, 0.1) is 0 Å². The maximum Gasteiger partial charge on any atom is 0.244 e. The summed E-state index contributed by atoms with van der Waals surface area (Å²) in [4.78, 5) is 4.11. The second kappa shape index (κ2) is 5.33. The minimum absolute atomic E-state index is 0.259. The highest BCUT2D eigenvalue weighted by Gasteiger charge is 2.29. The summed E-state index contributed by atoms with van der Waals surface area (Å²) in [6.07, 6.45) is 4.83. The standard InChI is InChI=1S/C11H15ClN2O2S/c12-7-10-3-2-6-14(9-10)17(15,16)11-4-1-5-13-8-11/h1,4-5,8,10H,2-3,6-7,9H2. The molecule has 0 spiro atoms. The molecule has 17 heavy (non-hydrogen) atoms. The van der Waals surface area contributed by atoms with Gasteiger partial charge in [-0.2, -0.15) is 4.31 Å². The van der Waals surface area contributed by atoms with Gasteiger partial charge in [0, 0.05) is 31.4 Å². The average Bonchev–Trinajstić information content (AvgIpc) is 2.40. The monoisotopic (exact) mass is 274 g/mol. The lowest BCUT2D eigenvalue weighted by atomic mass is 10.0. The van der Waals surface area contributed by atoms with Gasteiger partial charge < -0.3 is 0 Å². The van der Waals surface area contributed by atoms with Crippen molar-refractivity contribution in [2.24, 2.45) is 5.92 Å². The second-order valence-electron chi connectivity index (χ2n) is 4.21. The van der Waals surface area contributed by atoms with Crippen LogP contribution in [0, 0.1) is 5.92 Å². The Labute approximate surface area is 107 Å². The third-order valence-electron chi connectivity index (χ3n) is 2.97. The van der Waals surface area contributed by atoms with Crippen molar-refractivity contribution in [3.8, 4) is 0 Å². The van der Waals surface area contributed by atoms with E-state index in [2.05, 4.69) is 4.98 Å². The molecule has 0 amide bonds. The van der Waals surface area contributed by atoms with Crippen LogP contribution < -0.4 is 0 Å². The summed E-state index contributed by atoms with van der Waals surface area (Å²) in [6.45, 7) is 1.09. The molecule has 0 aromatic carbocycles. The maximum absolute atomic E-state index is 12.3. The summed E-state index contributed by atoms with van der Waals surface area (Å²) in [6, 6.07) is 3.21. The van der Waals surface area contributed by atoms with Gasteiger partial charge >= 0.3 is 0 Å². The Morgan fingerprint density at radius 3 is 3.00 bits per heavy atom. The van der Waals surface area contributed by atoms with Crippen molar-refractivity contribution < 1.29 is 8.42 Å². The van der Waals surface area contributed by atoms with E-state index in [-0.39, 0.29) is 10.8 Å². The molecule has 6 heteroatoms. The first-order valence-corrected chi connectivity index (χ1v) is 7.58. The fraction of sp³-hybridized carbons (Fsp3) is 0.545. The largest absolute Gasteiger partial charge is 0.263 e. The molecule has 0 aliphatic carbocycles. The Balaban J connectivity index is 2.21. The lowest BCUT2D eigenvalue weighted by Crippen LogP contribution is -2.40. The molecule has 1 unspecified atom stereocenters. The van der Waals surface area contributed by atoms with Crippen molar-refractivity contribution in [1.82, 2.24) is 9.29 Å². The first-order chi connectivity index (χ1) is 8.14. The number of rotatable bonds is 3. The normalized spacial score (nSPS) is 22.5. The molecule has 94 valence electrons. The predicted octanol–water partition coefficient (Wildman–Crippen LogP) is 1.72. The van der Waals surface area contributed by atoms with Gasteiger partial charge in [-0.25, -0.2) is 8.42 Å². The zero-order valence-electron chi connectivity index (χ0n) is 9.42. The Morgan fingerprint density at radius 2 is 2.35 bits per heavy atom. The second-order valence-corrected chi connectivity index (χ2v) is 6.46. The van der Waals surface area contributed by atoms with Crippen LogP contribution in [0.4, 0.5) is 0 Å². The van der Waals surface area contributed by atoms with E-state index in [1.165, 1.54) is 10.5 Å². The van der Waals surface area contributed by atoms with E-state index in [4.69, 9.17) is 11.6 Å². The first kappa shape index (κ1) is 12.8. The van der Waals surface area contributed by atoms with E-state index in [0.29, 0.717) is 19.0 Å². The van der Waals surface area contributed by atoms with Crippen molar-refractivity contribution in [2.75, 3.05) is 19.0 Å². The minimum Gasteiger partial charge on any atom is -0.263 e. The van der Waals surface area contributed by atoms with Crippen molar-refractivity contribution in [1.29, 1.82) is 0 Å². The van der Waals surface area contributed by atoms with Gasteiger partial charge in [0.2, 0.25) is 10.0 Å². The van der Waals surface area contributed by atoms with E-state index < -0.39 is 10.0 Å². The summed E-state index contributed by atoms with van der Waals surface area (Å²) in [5.74, 6) is 0.774. The van der Waals surface area contributed by atoms with Crippen molar-refractivity contribution in [2.45, 2.75) is 17.7 Å². The molecular weight excluding hydrogens is 260 g/mol. The molecule has 1 aromatic heterocycles. The zero-order chi connectivity index (χ0) is 12.3. The number of hydrogen-bond donors (Lipinski definition) is 0. The number of nitrogens with zero attached hydrogens (tertiary/aromatic N) is 2. The van der Waals surface area contributed by atoms with Crippen molar-refractivity contribution >= 4 is 21.6 Å². The molecule has 1 aliphatic rings. The molecule has 1 atom stereocenters. The molecule has 2 heterocycles. The lowest BCUT2D eigenvalue weighted by Gasteiger charge is -2.30. The van der Waals surface area contributed by atoms with E-state index in [0.717, 1.165) is 12.8 Å². The summed E-state index contributed by atoms with van der Waals surface area (Å²) in [5, 5.41) is 0. The highest BCUT2D eigenvalue weighted by molar-refractivity contribution is 7.89. The minimum atomic E-state index is -3.39. The molecule has 2 rings (SSSR count). The Kier molecular flexibility index (Phi) is 4.01. The smallest absolute Gasteiger partial charge is 0.244 e. The van der Waals surface area contributed by atoms with Crippen LogP contribution in [-0.4, -0.2) is 36.7 Å². The lowest BCUT2D eigenvalue weighted by molar-refractivity contribution is 0.283. The van der Waals surface area contributed by atoms with Crippen LogP contribution >= 0.6 is 11.6 Å². The predicted molar refractivity (Wildman–Crippen MR) is 66.4 cm³/mol. The highest BCUT2D eigenvalue weighted by Crippen LogP contribution is 2.23. The highest BCUT2D eigenvalue weighted by atomic mass is 35.5. The van der Waals surface area contributed by atoms with Gasteiger partial charge in [0.25, 0.3) is 0 Å². The molecule has 0 bridgehead atoms. The molecule has 1 fully saturated rings. The van der Waals surface area contributed by atoms with Crippen molar-refractivity contribution in [3.05, 3.63) is 24.5 Å². The molecule has 0 radical (unpaired) electrons. The SMILES string of the molecule is O=S(=O)(c1cccnc1)N1CCCC(CCl)C1. The number of halogens is 1. The van der Waals surface area contributed by atoms with Gasteiger partial charge in [0.1, 0.15) is 4.90 Å². The fourth-order valence-corrected chi connectivity index (χ4v) is 3.79. The number of hydrogen-bond acceptors (Lipinski definition) is 3. The number of alkyl halides is 1. The molecule has 0 saturated carbocycles. The van der Waals surface area contributed by atoms with E-state index in [9.17, 15) is 8.42 Å². The summed E-state index contributed by atoms with van der Waals surface area (Å²) in [5.41, 5.74) is 0. The van der Waals surface area contributed by atoms with Crippen LogP contribution in [0.5, 0.6) is 0 Å². The van der Waals surface area contributed by atoms with Crippen LogP contribution in [0.15, 0.2) is 29.4 Å². The van der Waals surface area contributed by atoms with Gasteiger partial charge in [-0.05, 0) is 30.9 Å². The number of piperidine rings is 1. The Bertz CT molecular complexity index is 464. The molecule has 1 saturated heterocycles. The number of aromatic nitrogens is 1. The number of pyridine rings is 1. The maximum atomic E-state index is 12.3.